The third-order valence-corrected chi connectivity index (χ3v) is 10.8. The van der Waals surface area contributed by atoms with E-state index in [4.69, 9.17) is 14.2 Å². The smallest absolute Gasteiger partial charge is 0.306 e. The minimum Gasteiger partial charge on any atom is -0.462 e. The largest absolute Gasteiger partial charge is 0.462 e. The second-order valence-electron chi connectivity index (χ2n) is 17.1. The van der Waals surface area contributed by atoms with Gasteiger partial charge in [0.2, 0.25) is 0 Å². The maximum absolute atomic E-state index is 12.8. The van der Waals surface area contributed by atoms with Crippen LogP contribution in [0.2, 0.25) is 0 Å². The summed E-state index contributed by atoms with van der Waals surface area (Å²) in [6.45, 7) is 6.37. The van der Waals surface area contributed by atoms with Crippen molar-refractivity contribution in [1.82, 2.24) is 0 Å². The number of carbonyl (C=O) groups excluding carboxylic acids is 3. The van der Waals surface area contributed by atoms with Gasteiger partial charge in [0, 0.05) is 19.3 Å². The fraction of sp³-hybridized carbons (Fsp3) is 0.644. The van der Waals surface area contributed by atoms with Crippen LogP contribution in [0.25, 0.3) is 0 Å². The quantitative estimate of drug-likeness (QED) is 0.0199. The van der Waals surface area contributed by atoms with Crippen molar-refractivity contribution in [2.75, 3.05) is 13.2 Å². The van der Waals surface area contributed by atoms with Crippen molar-refractivity contribution in [3.63, 3.8) is 0 Å². The molecule has 0 N–H and O–H groups in total. The molecule has 0 radical (unpaired) electrons. The molecule has 0 saturated carbocycles. The summed E-state index contributed by atoms with van der Waals surface area (Å²) in [5.74, 6) is -1.06. The second kappa shape index (κ2) is 52.7. The molecule has 0 spiro atoms. The van der Waals surface area contributed by atoms with E-state index in [2.05, 4.69) is 124 Å². The number of carbonyl (C=O) groups is 3. The van der Waals surface area contributed by atoms with E-state index in [-0.39, 0.29) is 44.0 Å². The van der Waals surface area contributed by atoms with Crippen LogP contribution in [0.4, 0.5) is 0 Å². The van der Waals surface area contributed by atoms with Gasteiger partial charge in [0.1, 0.15) is 13.2 Å². The molecule has 0 heterocycles. The van der Waals surface area contributed by atoms with Crippen LogP contribution in [0.3, 0.4) is 0 Å². The highest BCUT2D eigenvalue weighted by Gasteiger charge is 2.19. The van der Waals surface area contributed by atoms with E-state index >= 15 is 0 Å². The van der Waals surface area contributed by atoms with E-state index < -0.39 is 6.10 Å². The number of hydrogen-bond donors (Lipinski definition) is 0. The Morgan fingerprint density at radius 2 is 0.677 bits per heavy atom. The number of ether oxygens (including phenoxy) is 3. The van der Waals surface area contributed by atoms with Crippen molar-refractivity contribution in [1.29, 1.82) is 0 Å². The normalized spacial score (nSPS) is 13.0. The fourth-order valence-electron chi connectivity index (χ4n) is 6.83. The fourth-order valence-corrected chi connectivity index (χ4v) is 6.83. The number of rotatable bonds is 46. The zero-order valence-electron chi connectivity index (χ0n) is 42.0. The minimum absolute atomic E-state index is 0.126. The second-order valence-corrected chi connectivity index (χ2v) is 17.1. The van der Waals surface area contributed by atoms with Gasteiger partial charge in [-0.3, -0.25) is 14.4 Å². The molecular weight excluding hydrogens is 805 g/mol. The summed E-state index contributed by atoms with van der Waals surface area (Å²) in [7, 11) is 0. The summed E-state index contributed by atoms with van der Waals surface area (Å²) in [5, 5.41) is 0. The number of hydrogen-bond acceptors (Lipinski definition) is 6. The first kappa shape index (κ1) is 61.1. The zero-order chi connectivity index (χ0) is 47.2. The first-order valence-electron chi connectivity index (χ1n) is 26.4. The van der Waals surface area contributed by atoms with Gasteiger partial charge in [0.25, 0.3) is 0 Å². The zero-order valence-corrected chi connectivity index (χ0v) is 42.0. The van der Waals surface area contributed by atoms with Gasteiger partial charge in [-0.25, -0.2) is 0 Å². The Morgan fingerprint density at radius 1 is 0.338 bits per heavy atom. The molecule has 0 fully saturated rings. The van der Waals surface area contributed by atoms with Gasteiger partial charge in [-0.15, -0.1) is 0 Å². The molecule has 0 aromatic heterocycles. The molecule has 6 nitrogen and oxygen atoms in total. The van der Waals surface area contributed by atoms with Gasteiger partial charge in [-0.2, -0.15) is 0 Å². The SMILES string of the molecule is CC\C=C/C=C\C=C/CCCCCCCC(=O)OCC(COC(=O)CCC/C=C\C/C=C\C/C=C\CCCCCCCC)OC(=O)CCC/C=C\C/C=C\C/C=C\CCCCCCCC. The first-order valence-corrected chi connectivity index (χ1v) is 26.4. The minimum atomic E-state index is -0.835. The summed E-state index contributed by atoms with van der Waals surface area (Å²) in [6.07, 6.45) is 70.9. The van der Waals surface area contributed by atoms with Crippen LogP contribution in [0.15, 0.2) is 109 Å². The van der Waals surface area contributed by atoms with Crippen LogP contribution in [0.5, 0.6) is 0 Å². The molecule has 0 aliphatic carbocycles. The average molecular weight is 901 g/mol. The average Bonchev–Trinajstić information content (AvgIpc) is 3.30. The highest BCUT2D eigenvalue weighted by Crippen LogP contribution is 2.12. The highest BCUT2D eigenvalue weighted by atomic mass is 16.6. The van der Waals surface area contributed by atoms with Gasteiger partial charge in [-0.1, -0.05) is 214 Å². The summed E-state index contributed by atoms with van der Waals surface area (Å²) in [5.41, 5.74) is 0. The van der Waals surface area contributed by atoms with Crippen molar-refractivity contribution < 1.29 is 28.6 Å². The molecule has 0 aromatic rings. The van der Waals surface area contributed by atoms with E-state index in [9.17, 15) is 14.4 Å². The lowest BCUT2D eigenvalue weighted by molar-refractivity contribution is -0.167. The lowest BCUT2D eigenvalue weighted by Crippen LogP contribution is -2.30. The monoisotopic (exact) mass is 901 g/mol. The summed E-state index contributed by atoms with van der Waals surface area (Å²) in [6, 6.07) is 0. The van der Waals surface area contributed by atoms with E-state index in [1.54, 1.807) is 0 Å². The topological polar surface area (TPSA) is 78.9 Å². The maximum atomic E-state index is 12.8. The molecule has 65 heavy (non-hydrogen) atoms. The third-order valence-electron chi connectivity index (χ3n) is 10.8. The van der Waals surface area contributed by atoms with Gasteiger partial charge >= 0.3 is 17.9 Å². The van der Waals surface area contributed by atoms with Gasteiger partial charge in [0.05, 0.1) is 0 Å². The predicted octanol–water partition coefficient (Wildman–Crippen LogP) is 17.5. The highest BCUT2D eigenvalue weighted by molar-refractivity contribution is 5.71. The Hall–Kier alpha value is -3.93. The molecule has 0 aliphatic rings. The molecule has 0 aliphatic heterocycles. The molecule has 0 amide bonds. The Labute approximate surface area is 400 Å². The summed E-state index contributed by atoms with van der Waals surface area (Å²) >= 11 is 0. The van der Waals surface area contributed by atoms with Crippen molar-refractivity contribution >= 4 is 17.9 Å². The molecule has 1 unspecified atom stereocenters. The van der Waals surface area contributed by atoms with Gasteiger partial charge in [-0.05, 0) is 103 Å². The van der Waals surface area contributed by atoms with E-state index in [1.165, 1.54) is 89.9 Å². The van der Waals surface area contributed by atoms with Gasteiger partial charge < -0.3 is 14.2 Å². The van der Waals surface area contributed by atoms with Crippen LogP contribution in [0, 0.1) is 0 Å². The Kier molecular flexibility index (Phi) is 49.5. The predicted molar refractivity (Wildman–Crippen MR) is 279 cm³/mol. The van der Waals surface area contributed by atoms with E-state index in [0.29, 0.717) is 19.3 Å². The first-order chi connectivity index (χ1) is 32.0. The van der Waals surface area contributed by atoms with E-state index in [0.717, 1.165) is 83.5 Å². The molecule has 0 bridgehead atoms. The molecule has 0 saturated heterocycles. The number of unbranched alkanes of at least 4 members (excludes halogenated alkanes) is 19. The molecule has 1 atom stereocenters. The van der Waals surface area contributed by atoms with Crippen molar-refractivity contribution in [3.05, 3.63) is 109 Å². The van der Waals surface area contributed by atoms with Crippen LogP contribution in [-0.4, -0.2) is 37.2 Å². The Morgan fingerprint density at radius 3 is 1.12 bits per heavy atom. The van der Waals surface area contributed by atoms with E-state index in [1.807, 2.05) is 6.08 Å². The molecule has 0 rings (SSSR count). The number of allylic oxidation sites excluding steroid dienone is 18. The Bertz CT molecular complexity index is 1360. The van der Waals surface area contributed by atoms with Crippen molar-refractivity contribution in [3.8, 4) is 0 Å². The lowest BCUT2D eigenvalue weighted by Gasteiger charge is -2.18. The standard InChI is InChI=1S/C59H96O6/c1-4-7-10-13-16-19-22-25-27-29-31-34-37-40-43-46-49-52-58(61)64-55-56(54-63-57(60)51-48-45-42-39-36-33-24-21-18-15-12-9-6-3)65-59(62)53-50-47-44-41-38-35-32-30-28-26-23-20-17-14-11-8-5-2/h9,12,15,18,21,24-28,31-32,34-35,40-41,43-44,56H,4-8,10-11,13-14,16-17,19-20,22-23,29-30,33,36-39,42,45-55H2,1-3H3/b12-9-,18-15-,24-21-,27-25-,28-26-,34-31-,35-32-,43-40-,44-41-. The Balaban J connectivity index is 4.58. The molecule has 0 aromatic carbocycles. The third kappa shape index (κ3) is 50.9. The van der Waals surface area contributed by atoms with Crippen LogP contribution in [-0.2, 0) is 28.6 Å². The lowest BCUT2D eigenvalue weighted by atomic mass is 10.1. The van der Waals surface area contributed by atoms with Crippen LogP contribution >= 0.6 is 0 Å². The molecular formula is C59H96O6. The summed E-state index contributed by atoms with van der Waals surface area (Å²) < 4.78 is 16.7. The van der Waals surface area contributed by atoms with Crippen LogP contribution in [0.1, 0.15) is 226 Å². The van der Waals surface area contributed by atoms with Crippen molar-refractivity contribution in [2.45, 2.75) is 232 Å². The maximum Gasteiger partial charge on any atom is 0.306 e. The van der Waals surface area contributed by atoms with Crippen molar-refractivity contribution in [2.24, 2.45) is 0 Å². The summed E-state index contributed by atoms with van der Waals surface area (Å²) in [4.78, 5) is 38.0. The number of esters is 3. The molecule has 368 valence electrons. The van der Waals surface area contributed by atoms with Crippen LogP contribution < -0.4 is 0 Å². The van der Waals surface area contributed by atoms with Gasteiger partial charge in [0.15, 0.2) is 6.10 Å². The molecule has 6 heteroatoms.